The monoisotopic (exact) mass is 278 g/mol. The van der Waals surface area contributed by atoms with E-state index in [1.807, 2.05) is 0 Å². The lowest BCUT2D eigenvalue weighted by molar-refractivity contribution is 0.104. The molecule has 2 aliphatic rings. The molecule has 3 nitrogen and oxygen atoms in total. The Morgan fingerprint density at radius 2 is 1.80 bits per heavy atom. The summed E-state index contributed by atoms with van der Waals surface area (Å²) in [5, 5.41) is 6.51. The van der Waals surface area contributed by atoms with Gasteiger partial charge in [0.1, 0.15) is 17.5 Å². The first kappa shape index (κ1) is 13.1. The van der Waals surface area contributed by atoms with E-state index < -0.39 is 17.4 Å². The van der Waals surface area contributed by atoms with Gasteiger partial charge in [-0.2, -0.15) is 0 Å². The minimum atomic E-state index is -0.831. The standard InChI is InChI=1S/C15H16F2N2O/c16-9-5-6-10(11(17)7-9)14(20)8-15-18-12-3-1-2-4-13(12)19-15/h5-8,12-13,18-19H,1-4H2/b15-8-/t12-,13+/m0/s1. The van der Waals surface area contributed by atoms with Gasteiger partial charge in [-0.05, 0) is 25.0 Å². The van der Waals surface area contributed by atoms with Gasteiger partial charge in [0.2, 0.25) is 0 Å². The van der Waals surface area contributed by atoms with Gasteiger partial charge in [-0.3, -0.25) is 4.79 Å². The van der Waals surface area contributed by atoms with E-state index in [-0.39, 0.29) is 5.56 Å². The molecule has 2 atom stereocenters. The molecule has 1 aromatic rings. The minimum Gasteiger partial charge on any atom is -0.367 e. The van der Waals surface area contributed by atoms with Crippen molar-refractivity contribution in [2.45, 2.75) is 37.8 Å². The summed E-state index contributed by atoms with van der Waals surface area (Å²) in [6.45, 7) is 0. The van der Waals surface area contributed by atoms with Crippen molar-refractivity contribution in [1.29, 1.82) is 0 Å². The van der Waals surface area contributed by atoms with Crippen molar-refractivity contribution in [2.24, 2.45) is 0 Å². The number of carbonyl (C=O) groups is 1. The molecule has 1 heterocycles. The van der Waals surface area contributed by atoms with E-state index in [4.69, 9.17) is 0 Å². The Hall–Kier alpha value is -1.91. The van der Waals surface area contributed by atoms with E-state index in [0.717, 1.165) is 25.0 Å². The highest BCUT2D eigenvalue weighted by atomic mass is 19.1. The van der Waals surface area contributed by atoms with Crippen LogP contribution in [-0.4, -0.2) is 17.9 Å². The van der Waals surface area contributed by atoms with Crippen molar-refractivity contribution in [2.75, 3.05) is 0 Å². The molecule has 1 aliphatic carbocycles. The number of allylic oxidation sites excluding steroid dienone is 1. The largest absolute Gasteiger partial charge is 0.367 e. The van der Waals surface area contributed by atoms with Gasteiger partial charge in [0, 0.05) is 24.2 Å². The van der Waals surface area contributed by atoms with Crippen LogP contribution < -0.4 is 10.6 Å². The van der Waals surface area contributed by atoms with Crippen LogP contribution >= 0.6 is 0 Å². The van der Waals surface area contributed by atoms with Gasteiger partial charge in [-0.25, -0.2) is 8.78 Å². The maximum atomic E-state index is 13.5. The van der Waals surface area contributed by atoms with Gasteiger partial charge in [-0.1, -0.05) is 12.8 Å². The average Bonchev–Trinajstić information content (AvgIpc) is 2.80. The molecular formula is C15H16F2N2O. The lowest BCUT2D eigenvalue weighted by Crippen LogP contribution is -2.36. The van der Waals surface area contributed by atoms with Crippen LogP contribution in [0.1, 0.15) is 36.0 Å². The predicted octanol–water partition coefficient (Wildman–Crippen LogP) is 2.49. The second kappa shape index (κ2) is 5.23. The lowest BCUT2D eigenvalue weighted by atomic mass is 9.92. The SMILES string of the molecule is O=C(/C=C1/N[C@H]2CCCC[C@H]2N1)c1ccc(F)cc1F. The van der Waals surface area contributed by atoms with Crippen LogP contribution in [0.5, 0.6) is 0 Å². The first-order valence-electron chi connectivity index (χ1n) is 6.87. The third-order valence-corrected chi connectivity index (χ3v) is 3.92. The third kappa shape index (κ3) is 2.53. The number of fused-ring (bicyclic) bond motifs is 1. The maximum Gasteiger partial charge on any atom is 0.192 e. The summed E-state index contributed by atoms with van der Waals surface area (Å²) in [6.07, 6.45) is 5.88. The summed E-state index contributed by atoms with van der Waals surface area (Å²) in [5.74, 6) is -1.34. The summed E-state index contributed by atoms with van der Waals surface area (Å²) in [4.78, 5) is 12.0. The highest BCUT2D eigenvalue weighted by Gasteiger charge is 2.31. The van der Waals surface area contributed by atoms with E-state index >= 15 is 0 Å². The second-order valence-electron chi connectivity index (χ2n) is 5.33. The highest BCUT2D eigenvalue weighted by Crippen LogP contribution is 2.24. The molecule has 3 rings (SSSR count). The number of hydrogen-bond donors (Lipinski definition) is 2. The van der Waals surface area contributed by atoms with Crippen molar-refractivity contribution in [3.8, 4) is 0 Å². The van der Waals surface area contributed by atoms with E-state index in [0.29, 0.717) is 17.9 Å². The van der Waals surface area contributed by atoms with Gasteiger partial charge in [-0.15, -0.1) is 0 Å². The van der Waals surface area contributed by atoms with Crippen LogP contribution in [0, 0.1) is 11.6 Å². The molecule has 1 saturated heterocycles. The lowest BCUT2D eigenvalue weighted by Gasteiger charge is -2.23. The van der Waals surface area contributed by atoms with Gasteiger partial charge in [0.15, 0.2) is 5.78 Å². The fourth-order valence-corrected chi connectivity index (χ4v) is 2.90. The Balaban J connectivity index is 1.76. The predicted molar refractivity (Wildman–Crippen MR) is 71.1 cm³/mol. The van der Waals surface area contributed by atoms with Crippen molar-refractivity contribution < 1.29 is 13.6 Å². The first-order chi connectivity index (χ1) is 9.63. The minimum absolute atomic E-state index is 0.114. The fraction of sp³-hybridized carbons (Fsp3) is 0.400. The van der Waals surface area contributed by atoms with Crippen molar-refractivity contribution in [3.05, 3.63) is 47.3 Å². The van der Waals surface area contributed by atoms with Crippen LogP contribution in [0.3, 0.4) is 0 Å². The quantitative estimate of drug-likeness (QED) is 0.645. The van der Waals surface area contributed by atoms with Gasteiger partial charge < -0.3 is 10.6 Å². The molecule has 5 heteroatoms. The van der Waals surface area contributed by atoms with Crippen molar-refractivity contribution in [1.82, 2.24) is 10.6 Å². The number of nitrogens with one attached hydrogen (secondary N) is 2. The smallest absolute Gasteiger partial charge is 0.192 e. The topological polar surface area (TPSA) is 41.1 Å². The second-order valence-corrected chi connectivity index (χ2v) is 5.33. The Morgan fingerprint density at radius 1 is 1.15 bits per heavy atom. The van der Waals surface area contributed by atoms with Crippen LogP contribution in [0.4, 0.5) is 8.78 Å². The third-order valence-electron chi connectivity index (χ3n) is 3.92. The van der Waals surface area contributed by atoms with E-state index in [2.05, 4.69) is 10.6 Å². The molecule has 1 aromatic carbocycles. The number of ketones is 1. The Bertz CT molecular complexity index is 555. The Labute approximate surface area is 116 Å². The molecule has 2 N–H and O–H groups in total. The van der Waals surface area contributed by atoms with Crippen LogP contribution in [0.15, 0.2) is 30.1 Å². The molecular weight excluding hydrogens is 262 g/mol. The molecule has 1 aliphatic heterocycles. The first-order valence-corrected chi connectivity index (χ1v) is 6.87. The Kier molecular flexibility index (Phi) is 3.42. The number of halogens is 2. The van der Waals surface area contributed by atoms with Gasteiger partial charge in [0.05, 0.1) is 5.56 Å². The average molecular weight is 278 g/mol. The molecule has 0 unspecified atom stereocenters. The van der Waals surface area contributed by atoms with Crippen molar-refractivity contribution >= 4 is 5.78 Å². The number of benzene rings is 1. The summed E-state index contributed by atoms with van der Waals surface area (Å²) < 4.78 is 26.4. The summed E-state index contributed by atoms with van der Waals surface area (Å²) in [6, 6.07) is 3.68. The molecule has 0 bridgehead atoms. The highest BCUT2D eigenvalue weighted by molar-refractivity contribution is 6.05. The zero-order valence-electron chi connectivity index (χ0n) is 11.0. The zero-order chi connectivity index (χ0) is 14.1. The van der Waals surface area contributed by atoms with Crippen LogP contribution in [0.2, 0.25) is 0 Å². The van der Waals surface area contributed by atoms with Crippen LogP contribution in [0.25, 0.3) is 0 Å². The fourth-order valence-electron chi connectivity index (χ4n) is 2.90. The molecule has 2 fully saturated rings. The van der Waals surface area contributed by atoms with Crippen molar-refractivity contribution in [3.63, 3.8) is 0 Å². The summed E-state index contributed by atoms with van der Waals surface area (Å²) in [5.41, 5.74) is -0.114. The van der Waals surface area contributed by atoms with E-state index in [1.54, 1.807) is 0 Å². The summed E-state index contributed by atoms with van der Waals surface area (Å²) in [7, 11) is 0. The van der Waals surface area contributed by atoms with E-state index in [9.17, 15) is 13.6 Å². The number of rotatable bonds is 2. The van der Waals surface area contributed by atoms with E-state index in [1.165, 1.54) is 25.0 Å². The maximum absolute atomic E-state index is 13.5. The normalized spacial score (nSPS) is 26.8. The molecule has 0 amide bonds. The molecule has 0 radical (unpaired) electrons. The molecule has 106 valence electrons. The number of carbonyl (C=O) groups excluding carboxylic acids is 1. The van der Waals surface area contributed by atoms with Gasteiger partial charge >= 0.3 is 0 Å². The summed E-state index contributed by atoms with van der Waals surface area (Å²) >= 11 is 0. The Morgan fingerprint density at radius 3 is 2.40 bits per heavy atom. The van der Waals surface area contributed by atoms with Gasteiger partial charge in [0.25, 0.3) is 0 Å². The molecule has 0 spiro atoms. The molecule has 0 aromatic heterocycles. The zero-order valence-corrected chi connectivity index (χ0v) is 11.0. The molecule has 20 heavy (non-hydrogen) atoms. The molecule has 1 saturated carbocycles. The van der Waals surface area contributed by atoms with Crippen LogP contribution in [-0.2, 0) is 0 Å². The number of hydrogen-bond acceptors (Lipinski definition) is 3.